The molecule has 1 N–H and O–H groups in total. The lowest BCUT2D eigenvalue weighted by molar-refractivity contribution is 0.216. The molecule has 1 aliphatic heterocycles. The largest absolute Gasteiger partial charge is 0.452 e. The molecule has 0 fully saturated rings. The van der Waals surface area contributed by atoms with Gasteiger partial charge in [0.2, 0.25) is 11.0 Å². The van der Waals surface area contributed by atoms with Gasteiger partial charge in [0.05, 0.1) is 0 Å². The van der Waals surface area contributed by atoms with Crippen LogP contribution in [0.25, 0.3) is 11.3 Å². The highest BCUT2D eigenvalue weighted by molar-refractivity contribution is 7.99. The predicted molar refractivity (Wildman–Crippen MR) is 93.8 cm³/mol. The predicted octanol–water partition coefficient (Wildman–Crippen LogP) is 4.36. The number of nitrogens with zero attached hydrogens (tertiary/aromatic N) is 3. The Bertz CT molecular complexity index is 665. The van der Waals surface area contributed by atoms with Crippen molar-refractivity contribution in [3.8, 4) is 17.1 Å². The van der Waals surface area contributed by atoms with E-state index >= 15 is 0 Å². The Morgan fingerprint density at radius 3 is 2.87 bits per heavy atom. The molecule has 0 unspecified atom stereocenters. The number of hydrogen-bond donors (Lipinski definition) is 1. The Labute approximate surface area is 141 Å². The van der Waals surface area contributed by atoms with E-state index in [0.29, 0.717) is 16.7 Å². The van der Waals surface area contributed by atoms with Gasteiger partial charge < -0.3 is 10.1 Å². The highest BCUT2D eigenvalue weighted by atomic mass is 32.2. The Hall–Kier alpha value is -1.82. The van der Waals surface area contributed by atoms with Crippen molar-refractivity contribution in [3.05, 3.63) is 24.3 Å². The minimum absolute atomic E-state index is 0.105. The van der Waals surface area contributed by atoms with Crippen molar-refractivity contribution in [3.63, 3.8) is 0 Å². The monoisotopic (exact) mass is 330 g/mol. The molecule has 5 nitrogen and oxygen atoms in total. The zero-order valence-electron chi connectivity index (χ0n) is 13.6. The van der Waals surface area contributed by atoms with Crippen LogP contribution in [-0.4, -0.2) is 27.2 Å². The van der Waals surface area contributed by atoms with Crippen molar-refractivity contribution in [1.82, 2.24) is 15.2 Å². The van der Waals surface area contributed by atoms with Gasteiger partial charge in [-0.25, -0.2) is 0 Å². The van der Waals surface area contributed by atoms with E-state index in [1.165, 1.54) is 19.3 Å². The van der Waals surface area contributed by atoms with E-state index in [-0.39, 0.29) is 6.23 Å². The quantitative estimate of drug-likeness (QED) is 0.627. The number of rotatable bonds is 6. The van der Waals surface area contributed by atoms with E-state index in [4.69, 9.17) is 4.74 Å². The second-order valence-electron chi connectivity index (χ2n) is 5.51. The fraction of sp³-hybridized carbons (Fsp3) is 0.471. The minimum atomic E-state index is -0.105. The maximum Gasteiger partial charge on any atom is 0.247 e. The van der Waals surface area contributed by atoms with Crippen LogP contribution in [0, 0.1) is 0 Å². The molecule has 2 aromatic rings. The van der Waals surface area contributed by atoms with E-state index in [2.05, 4.69) is 34.3 Å². The van der Waals surface area contributed by atoms with Crippen LogP contribution in [0.1, 0.15) is 39.5 Å². The molecule has 23 heavy (non-hydrogen) atoms. The maximum absolute atomic E-state index is 6.02. The molecule has 0 bridgehead atoms. The summed E-state index contributed by atoms with van der Waals surface area (Å²) in [5.74, 6) is 1.59. The minimum Gasteiger partial charge on any atom is -0.452 e. The van der Waals surface area contributed by atoms with Crippen LogP contribution in [0.5, 0.6) is 5.88 Å². The van der Waals surface area contributed by atoms with Gasteiger partial charge in [0.25, 0.3) is 0 Å². The Balaban J connectivity index is 1.87. The molecule has 1 atom stereocenters. The van der Waals surface area contributed by atoms with Gasteiger partial charge in [-0.1, -0.05) is 56.7 Å². The third-order valence-electron chi connectivity index (χ3n) is 3.74. The third kappa shape index (κ3) is 3.75. The van der Waals surface area contributed by atoms with Crippen molar-refractivity contribution in [2.45, 2.75) is 50.9 Å². The van der Waals surface area contributed by atoms with Crippen molar-refractivity contribution < 1.29 is 4.74 Å². The number of unbranched alkanes of at least 4 members (excludes halogenated alkanes) is 2. The SMILES string of the molecule is CCCCCSc1nnc2c(n1)O[C@@H](CC)Nc1ccccc1-2. The fourth-order valence-electron chi connectivity index (χ4n) is 2.46. The molecule has 0 saturated carbocycles. The molecule has 6 heteroatoms. The zero-order valence-corrected chi connectivity index (χ0v) is 14.4. The molecule has 1 aliphatic rings. The van der Waals surface area contributed by atoms with Gasteiger partial charge in [-0.05, 0) is 12.5 Å². The number of thioether (sulfide) groups is 1. The van der Waals surface area contributed by atoms with Crippen molar-refractivity contribution in [1.29, 1.82) is 0 Å². The van der Waals surface area contributed by atoms with Gasteiger partial charge in [0.15, 0.2) is 11.9 Å². The van der Waals surface area contributed by atoms with Crippen LogP contribution < -0.4 is 10.1 Å². The standard InChI is InChI=1S/C17H22N4OS/c1-3-5-8-11-23-17-19-16-15(20-21-17)12-9-6-7-10-13(12)18-14(4-2)22-16/h6-7,9-10,14,18H,3-5,8,11H2,1-2H3/t14-/m0/s1. The smallest absolute Gasteiger partial charge is 0.247 e. The number of hydrogen-bond acceptors (Lipinski definition) is 6. The summed E-state index contributed by atoms with van der Waals surface area (Å²) < 4.78 is 6.02. The molecule has 0 aliphatic carbocycles. The molecule has 2 heterocycles. The lowest BCUT2D eigenvalue weighted by Gasteiger charge is -2.16. The number of aromatic nitrogens is 3. The summed E-state index contributed by atoms with van der Waals surface area (Å²) in [6.07, 6.45) is 4.36. The number of para-hydroxylation sites is 1. The maximum atomic E-state index is 6.02. The number of ether oxygens (including phenoxy) is 1. The number of fused-ring (bicyclic) bond motifs is 3. The van der Waals surface area contributed by atoms with Gasteiger partial charge in [-0.15, -0.1) is 10.2 Å². The molecule has 0 radical (unpaired) electrons. The summed E-state index contributed by atoms with van der Waals surface area (Å²) >= 11 is 1.64. The van der Waals surface area contributed by atoms with E-state index in [9.17, 15) is 0 Å². The number of benzene rings is 1. The summed E-state index contributed by atoms with van der Waals surface area (Å²) in [7, 11) is 0. The normalized spacial score (nSPS) is 15.8. The lowest BCUT2D eigenvalue weighted by Crippen LogP contribution is -2.24. The van der Waals surface area contributed by atoms with Crippen molar-refractivity contribution >= 4 is 17.4 Å². The second-order valence-corrected chi connectivity index (χ2v) is 6.57. The summed E-state index contributed by atoms with van der Waals surface area (Å²) in [5, 5.41) is 12.8. The zero-order chi connectivity index (χ0) is 16.1. The average Bonchev–Trinajstić information content (AvgIpc) is 2.74. The molecular formula is C17H22N4OS. The first kappa shape index (κ1) is 16.1. The van der Waals surface area contributed by atoms with Gasteiger partial charge in [-0.2, -0.15) is 4.98 Å². The average molecular weight is 330 g/mol. The first-order valence-electron chi connectivity index (χ1n) is 8.22. The molecule has 1 aromatic carbocycles. The summed E-state index contributed by atoms with van der Waals surface area (Å²) in [6, 6.07) is 8.05. The van der Waals surface area contributed by atoms with Crippen LogP contribution in [0.15, 0.2) is 29.4 Å². The van der Waals surface area contributed by atoms with E-state index < -0.39 is 0 Å². The van der Waals surface area contributed by atoms with Crippen LogP contribution >= 0.6 is 11.8 Å². The van der Waals surface area contributed by atoms with E-state index in [1.807, 2.05) is 24.3 Å². The molecule has 1 aromatic heterocycles. The molecule has 0 spiro atoms. The van der Waals surface area contributed by atoms with Gasteiger partial charge in [0.1, 0.15) is 0 Å². The lowest BCUT2D eigenvalue weighted by atomic mass is 10.1. The van der Waals surface area contributed by atoms with Gasteiger partial charge in [0, 0.05) is 23.4 Å². The highest BCUT2D eigenvalue weighted by Gasteiger charge is 2.23. The van der Waals surface area contributed by atoms with Crippen molar-refractivity contribution in [2.75, 3.05) is 11.1 Å². The Morgan fingerprint density at radius 1 is 1.17 bits per heavy atom. The fourth-order valence-corrected chi connectivity index (χ4v) is 3.24. The topological polar surface area (TPSA) is 59.9 Å². The molecule has 0 amide bonds. The molecule has 122 valence electrons. The van der Waals surface area contributed by atoms with Crippen LogP contribution in [0.2, 0.25) is 0 Å². The van der Waals surface area contributed by atoms with Crippen LogP contribution in [-0.2, 0) is 0 Å². The van der Waals surface area contributed by atoms with E-state index in [1.54, 1.807) is 11.8 Å². The number of anilines is 1. The van der Waals surface area contributed by atoms with Crippen LogP contribution in [0.3, 0.4) is 0 Å². The second kappa shape index (κ2) is 7.64. The molecular weight excluding hydrogens is 308 g/mol. The summed E-state index contributed by atoms with van der Waals surface area (Å²) in [6.45, 7) is 4.29. The molecule has 3 rings (SSSR count). The molecule has 0 saturated heterocycles. The van der Waals surface area contributed by atoms with E-state index in [0.717, 1.165) is 23.4 Å². The van der Waals surface area contributed by atoms with Crippen molar-refractivity contribution in [2.24, 2.45) is 0 Å². The van der Waals surface area contributed by atoms with Gasteiger partial charge >= 0.3 is 0 Å². The highest BCUT2D eigenvalue weighted by Crippen LogP contribution is 2.36. The summed E-state index contributed by atoms with van der Waals surface area (Å²) in [5.41, 5.74) is 2.71. The first-order valence-corrected chi connectivity index (χ1v) is 9.20. The first-order chi connectivity index (χ1) is 11.3. The third-order valence-corrected chi connectivity index (χ3v) is 4.66. The Morgan fingerprint density at radius 2 is 2.04 bits per heavy atom. The Kier molecular flexibility index (Phi) is 5.33. The van der Waals surface area contributed by atoms with Gasteiger partial charge in [-0.3, -0.25) is 0 Å². The number of nitrogens with one attached hydrogen (secondary N) is 1. The van der Waals surface area contributed by atoms with Crippen LogP contribution in [0.4, 0.5) is 5.69 Å². The summed E-state index contributed by atoms with van der Waals surface area (Å²) in [4.78, 5) is 4.60.